The highest BCUT2D eigenvalue weighted by Gasteiger charge is 2.40. The molecule has 1 amide bonds. The highest BCUT2D eigenvalue weighted by Crippen LogP contribution is 2.38. The molecule has 3 heterocycles. The molecule has 2 fully saturated rings. The second-order valence-electron chi connectivity index (χ2n) is 9.21. The van der Waals surface area contributed by atoms with E-state index in [2.05, 4.69) is 39.1 Å². The molecule has 0 spiro atoms. The molecule has 2 unspecified atom stereocenters. The minimum Gasteiger partial charge on any atom is -0.491 e. The van der Waals surface area contributed by atoms with Gasteiger partial charge >= 0.3 is 0 Å². The predicted octanol–water partition coefficient (Wildman–Crippen LogP) is 2.66. The van der Waals surface area contributed by atoms with Gasteiger partial charge in [0.25, 0.3) is 0 Å². The molecule has 5 rings (SSSR count). The molecule has 0 saturated carbocycles. The van der Waals surface area contributed by atoms with Crippen LogP contribution < -0.4 is 20.3 Å². The molecule has 0 radical (unpaired) electrons. The number of pyridine rings is 1. The van der Waals surface area contributed by atoms with Crippen molar-refractivity contribution in [1.29, 1.82) is 0 Å². The summed E-state index contributed by atoms with van der Waals surface area (Å²) in [6, 6.07) is 8.09. The van der Waals surface area contributed by atoms with E-state index >= 15 is 0 Å². The van der Waals surface area contributed by atoms with Crippen LogP contribution in [0.25, 0.3) is 16.5 Å². The molecule has 2 aromatic rings. The fourth-order valence-electron chi connectivity index (χ4n) is 4.96. The zero-order chi connectivity index (χ0) is 24.9. The number of methoxy groups -OCH3 is 1. The van der Waals surface area contributed by atoms with Crippen molar-refractivity contribution in [3.63, 3.8) is 0 Å². The fraction of sp³-hybridized carbons (Fsp3) is 0.429. The molecule has 3 aliphatic rings. The van der Waals surface area contributed by atoms with Crippen molar-refractivity contribution >= 4 is 28.1 Å². The van der Waals surface area contributed by atoms with Crippen molar-refractivity contribution < 1.29 is 19.0 Å². The van der Waals surface area contributed by atoms with Gasteiger partial charge in [0.1, 0.15) is 19.0 Å². The zero-order valence-corrected chi connectivity index (χ0v) is 20.8. The number of nitrogens with one attached hydrogen (secondary N) is 2. The molecular weight excluding hydrogens is 456 g/mol. The largest absolute Gasteiger partial charge is 0.491 e. The lowest BCUT2D eigenvalue weighted by Gasteiger charge is -2.23. The van der Waals surface area contributed by atoms with Crippen molar-refractivity contribution in [3.8, 4) is 5.75 Å². The number of amides is 1. The van der Waals surface area contributed by atoms with Gasteiger partial charge in [-0.15, -0.1) is 0 Å². The second kappa shape index (κ2) is 11.0. The van der Waals surface area contributed by atoms with Crippen LogP contribution in [0.4, 0.5) is 5.69 Å². The summed E-state index contributed by atoms with van der Waals surface area (Å²) in [5.74, 6) is 1.96. The Morgan fingerprint density at radius 2 is 2.06 bits per heavy atom. The van der Waals surface area contributed by atoms with Gasteiger partial charge in [0.15, 0.2) is 5.76 Å². The first-order chi connectivity index (χ1) is 17.7. The number of allylic oxidation sites excluding steroid dienone is 3. The molecule has 36 heavy (non-hydrogen) atoms. The van der Waals surface area contributed by atoms with Crippen LogP contribution >= 0.6 is 0 Å². The average molecular weight is 489 g/mol. The van der Waals surface area contributed by atoms with Gasteiger partial charge in [-0.1, -0.05) is 5.73 Å². The lowest BCUT2D eigenvalue weighted by molar-refractivity contribution is -0.127. The van der Waals surface area contributed by atoms with E-state index in [0.717, 1.165) is 59.7 Å². The number of piperidine rings is 1. The van der Waals surface area contributed by atoms with E-state index in [1.54, 1.807) is 7.11 Å². The van der Waals surface area contributed by atoms with E-state index in [9.17, 15) is 4.79 Å². The van der Waals surface area contributed by atoms with Gasteiger partial charge in [-0.3, -0.25) is 4.79 Å². The number of aromatic nitrogens is 1. The predicted molar refractivity (Wildman–Crippen MR) is 139 cm³/mol. The number of carbonyl (C=O) groups is 1. The van der Waals surface area contributed by atoms with Gasteiger partial charge in [-0.2, -0.15) is 0 Å². The summed E-state index contributed by atoms with van der Waals surface area (Å²) in [7, 11) is 3.54. The number of rotatable bonds is 10. The van der Waals surface area contributed by atoms with Crippen LogP contribution in [-0.2, 0) is 14.3 Å². The Balaban J connectivity index is 1.52. The quantitative estimate of drug-likeness (QED) is 0.393. The summed E-state index contributed by atoms with van der Waals surface area (Å²) in [6.45, 7) is 4.63. The molecule has 2 N–H and O–H groups in total. The van der Waals surface area contributed by atoms with E-state index in [4.69, 9.17) is 19.2 Å². The van der Waals surface area contributed by atoms with Crippen molar-refractivity contribution in [1.82, 2.24) is 15.6 Å². The minimum absolute atomic E-state index is 0.0241. The van der Waals surface area contributed by atoms with Crippen LogP contribution in [0.3, 0.4) is 0 Å². The van der Waals surface area contributed by atoms with Gasteiger partial charge in [-0.05, 0) is 55.5 Å². The van der Waals surface area contributed by atoms with Crippen molar-refractivity contribution in [2.24, 2.45) is 11.8 Å². The molecule has 8 nitrogen and oxygen atoms in total. The maximum Gasteiger partial charge on any atom is 0.225 e. The molecule has 188 valence electrons. The number of fused-ring (bicyclic) bond motifs is 2. The Kier molecular flexibility index (Phi) is 7.40. The minimum atomic E-state index is 0.0241. The number of nitrogens with zero attached hydrogens (tertiary/aromatic N) is 2. The van der Waals surface area contributed by atoms with Crippen LogP contribution in [0.2, 0.25) is 0 Å². The molecule has 1 aromatic heterocycles. The van der Waals surface area contributed by atoms with Gasteiger partial charge in [0.2, 0.25) is 5.91 Å². The summed E-state index contributed by atoms with van der Waals surface area (Å²) in [5.41, 5.74) is 9.85. The topological polar surface area (TPSA) is 85.0 Å². The summed E-state index contributed by atoms with van der Waals surface area (Å²) in [4.78, 5) is 19.8. The van der Waals surface area contributed by atoms with Crippen LogP contribution in [0, 0.1) is 11.8 Å². The molecule has 2 atom stereocenters. The van der Waals surface area contributed by atoms with Crippen molar-refractivity contribution in [3.05, 3.63) is 59.3 Å². The number of hydrogen-bond acceptors (Lipinski definition) is 7. The lowest BCUT2D eigenvalue weighted by Crippen LogP contribution is -2.41. The number of carbonyl (C=O) groups excluding carboxylic acids is 1. The van der Waals surface area contributed by atoms with Crippen molar-refractivity contribution in [2.45, 2.75) is 6.42 Å². The third kappa shape index (κ3) is 5.18. The summed E-state index contributed by atoms with van der Waals surface area (Å²) in [6.07, 6.45) is 4.86. The Morgan fingerprint density at radius 1 is 1.14 bits per heavy atom. The molecule has 8 heteroatoms. The second-order valence-corrected chi connectivity index (χ2v) is 9.21. The number of ether oxygens (including phenoxy) is 3. The zero-order valence-electron chi connectivity index (χ0n) is 20.8. The Labute approximate surface area is 211 Å². The summed E-state index contributed by atoms with van der Waals surface area (Å²) < 4.78 is 16.7. The van der Waals surface area contributed by atoms with E-state index < -0.39 is 0 Å². The van der Waals surface area contributed by atoms with E-state index in [1.165, 1.54) is 0 Å². The molecule has 1 aliphatic carbocycles. The van der Waals surface area contributed by atoms with Crippen LogP contribution in [0.15, 0.2) is 53.6 Å². The molecule has 2 aliphatic heterocycles. The maximum absolute atomic E-state index is 12.5. The Hall–Kier alpha value is -3.54. The smallest absolute Gasteiger partial charge is 0.225 e. The standard InChI is InChI=1S/C28H32N4O4/c1-29-11-12-35-21-5-3-19(4-6-21)25-16-27(32-17-20-9-10-30-28(33)24(20)18-32)23-8-7-22(15-26(23)31-25)36-14-13-34-2/h3,5,7-8,15-16,20,24,29H,9-14,17-18H2,1-2H3,(H,30,33). The lowest BCUT2D eigenvalue weighted by atomic mass is 9.89. The highest BCUT2D eigenvalue weighted by atomic mass is 16.5. The first-order valence-electron chi connectivity index (χ1n) is 12.5. The molecule has 0 bridgehead atoms. The van der Waals surface area contributed by atoms with Gasteiger partial charge in [0.05, 0.1) is 29.3 Å². The van der Waals surface area contributed by atoms with E-state index in [0.29, 0.717) is 38.0 Å². The number of hydrogen-bond donors (Lipinski definition) is 2. The monoisotopic (exact) mass is 488 g/mol. The summed E-state index contributed by atoms with van der Waals surface area (Å²) >= 11 is 0. The number of likely N-dealkylation sites (N-methyl/N-ethyl adjacent to an activating group) is 1. The number of benzene rings is 1. The fourth-order valence-corrected chi connectivity index (χ4v) is 4.96. The van der Waals surface area contributed by atoms with Gasteiger partial charge < -0.3 is 29.7 Å². The van der Waals surface area contributed by atoms with E-state index in [-0.39, 0.29) is 11.8 Å². The first-order valence-corrected chi connectivity index (χ1v) is 12.5. The van der Waals surface area contributed by atoms with Crippen molar-refractivity contribution in [2.75, 3.05) is 65.1 Å². The Morgan fingerprint density at radius 3 is 2.83 bits per heavy atom. The first kappa shape index (κ1) is 24.2. The Bertz CT molecular complexity index is 1270. The van der Waals surface area contributed by atoms with Crippen LogP contribution in [0.1, 0.15) is 12.1 Å². The normalized spacial score (nSPS) is 20.7. The van der Waals surface area contributed by atoms with Crippen LogP contribution in [0.5, 0.6) is 5.75 Å². The third-order valence-corrected chi connectivity index (χ3v) is 6.86. The summed E-state index contributed by atoms with van der Waals surface area (Å²) in [5, 5.41) is 7.12. The maximum atomic E-state index is 12.5. The molecule has 2 saturated heterocycles. The molecular formula is C28H32N4O4. The van der Waals surface area contributed by atoms with E-state index in [1.807, 2.05) is 31.3 Å². The molecule has 1 aromatic carbocycles. The van der Waals surface area contributed by atoms with Crippen LogP contribution in [-0.4, -0.2) is 71.0 Å². The van der Waals surface area contributed by atoms with Gasteiger partial charge in [0, 0.05) is 50.4 Å². The number of anilines is 1. The van der Waals surface area contributed by atoms with Gasteiger partial charge in [-0.25, -0.2) is 4.98 Å². The SMILES string of the molecule is CNCCOC1=C=C=C(c2cc(N3CC4CCNC(=O)C4C3)c3ccc(OCCOC)cc3n2)C=C1. The third-order valence-electron chi connectivity index (χ3n) is 6.86. The highest BCUT2D eigenvalue weighted by molar-refractivity contribution is 5.95. The average Bonchev–Trinajstić information content (AvgIpc) is 3.34.